The summed E-state index contributed by atoms with van der Waals surface area (Å²) in [6, 6.07) is 7.73. The van der Waals surface area contributed by atoms with Crippen LogP contribution in [0.5, 0.6) is 0 Å². The van der Waals surface area contributed by atoms with Gasteiger partial charge in [0.1, 0.15) is 11.1 Å². The highest BCUT2D eigenvalue weighted by Gasteiger charge is 2.46. The number of carbonyl (C=O) groups excluding carboxylic acids is 2. The molecule has 0 radical (unpaired) electrons. The third-order valence-corrected chi connectivity index (χ3v) is 5.41. The number of para-hydroxylation sites is 1. The Morgan fingerprint density at radius 3 is 2.77 bits per heavy atom. The maximum Gasteiger partial charge on any atom is 0.410 e. The van der Waals surface area contributed by atoms with Crippen molar-refractivity contribution in [2.45, 2.75) is 38.3 Å². The number of fused-ring (bicyclic) bond motifs is 1. The summed E-state index contributed by atoms with van der Waals surface area (Å²) in [5.74, 6) is 0.108. The van der Waals surface area contributed by atoms with Gasteiger partial charge in [0.05, 0.1) is 18.6 Å². The van der Waals surface area contributed by atoms with Crippen LogP contribution in [-0.2, 0) is 16.1 Å². The van der Waals surface area contributed by atoms with Crippen molar-refractivity contribution in [2.75, 3.05) is 26.2 Å². The van der Waals surface area contributed by atoms with Crippen LogP contribution in [0.1, 0.15) is 26.2 Å². The first-order valence-electron chi connectivity index (χ1n) is 9.14. The number of piperidine rings is 1. The van der Waals surface area contributed by atoms with Gasteiger partial charge >= 0.3 is 6.09 Å². The number of benzene rings is 1. The van der Waals surface area contributed by atoms with Crippen LogP contribution in [-0.4, -0.2) is 68.6 Å². The van der Waals surface area contributed by atoms with Crippen LogP contribution in [0.15, 0.2) is 24.3 Å². The summed E-state index contributed by atoms with van der Waals surface area (Å²) >= 11 is 0. The number of hydrogen-bond acceptors (Lipinski definition) is 5. The summed E-state index contributed by atoms with van der Waals surface area (Å²) < 4.78 is 7.39. The molecular weight excluding hydrogens is 334 g/mol. The lowest BCUT2D eigenvalue weighted by molar-refractivity contribution is -0.134. The largest absolute Gasteiger partial charge is 0.441 e. The summed E-state index contributed by atoms with van der Waals surface area (Å²) in [6.07, 6.45) is 1.56. The third-order valence-electron chi connectivity index (χ3n) is 5.41. The summed E-state index contributed by atoms with van der Waals surface area (Å²) in [4.78, 5) is 28.0. The second kappa shape index (κ2) is 6.59. The van der Waals surface area contributed by atoms with Gasteiger partial charge in [-0.2, -0.15) is 0 Å². The van der Waals surface area contributed by atoms with E-state index in [2.05, 4.69) is 10.3 Å². The molecular formula is C18H23N5O3. The minimum atomic E-state index is -0.411. The first-order chi connectivity index (χ1) is 12.6. The van der Waals surface area contributed by atoms with Crippen molar-refractivity contribution >= 4 is 23.0 Å². The number of aromatic nitrogens is 3. The monoisotopic (exact) mass is 357 g/mol. The number of hydrogen-bond donors (Lipinski definition) is 0. The van der Waals surface area contributed by atoms with Crippen LogP contribution in [0.3, 0.4) is 0 Å². The first kappa shape index (κ1) is 16.8. The highest BCUT2D eigenvalue weighted by molar-refractivity contribution is 5.77. The Morgan fingerprint density at radius 1 is 1.27 bits per heavy atom. The molecule has 2 amide bonds. The van der Waals surface area contributed by atoms with Gasteiger partial charge in [0.2, 0.25) is 5.91 Å². The highest BCUT2D eigenvalue weighted by atomic mass is 16.6. The lowest BCUT2D eigenvalue weighted by Gasteiger charge is -2.37. The molecule has 2 saturated heterocycles. The highest BCUT2D eigenvalue weighted by Crippen LogP contribution is 2.33. The molecule has 0 saturated carbocycles. The lowest BCUT2D eigenvalue weighted by atomic mass is 9.91. The summed E-state index contributed by atoms with van der Waals surface area (Å²) in [6.45, 7) is 5.01. The van der Waals surface area contributed by atoms with E-state index in [4.69, 9.17) is 4.74 Å². The van der Waals surface area contributed by atoms with Crippen LogP contribution in [0, 0.1) is 0 Å². The van der Waals surface area contributed by atoms with E-state index in [9.17, 15) is 9.59 Å². The average molecular weight is 357 g/mol. The van der Waals surface area contributed by atoms with Gasteiger partial charge in [0.15, 0.2) is 0 Å². The van der Waals surface area contributed by atoms with E-state index < -0.39 is 5.60 Å². The standard InChI is InChI=1S/C18H23N5O3/c1-2-21-13-18(26-17(21)25)8-11-22(12-9-18)16(24)7-10-23-15-6-4-3-5-14(15)19-20-23/h3-6H,2,7-13H2,1H3. The molecule has 8 nitrogen and oxygen atoms in total. The minimum Gasteiger partial charge on any atom is -0.441 e. The van der Waals surface area contributed by atoms with E-state index in [1.165, 1.54) is 0 Å². The number of likely N-dealkylation sites (tertiary alicyclic amines) is 1. The van der Waals surface area contributed by atoms with Crippen molar-refractivity contribution < 1.29 is 14.3 Å². The number of ether oxygens (including phenoxy) is 1. The van der Waals surface area contributed by atoms with Gasteiger partial charge in [-0.15, -0.1) is 5.10 Å². The molecule has 1 spiro atoms. The number of likely N-dealkylation sites (N-methyl/N-ethyl adjacent to an activating group) is 1. The predicted molar refractivity (Wildman–Crippen MR) is 94.4 cm³/mol. The maximum atomic E-state index is 12.6. The van der Waals surface area contributed by atoms with Gasteiger partial charge in [0, 0.05) is 38.9 Å². The number of amides is 2. The quantitative estimate of drug-likeness (QED) is 0.831. The van der Waals surface area contributed by atoms with Crippen LogP contribution in [0.4, 0.5) is 4.79 Å². The second-order valence-corrected chi connectivity index (χ2v) is 7.00. The molecule has 2 aliphatic rings. The van der Waals surface area contributed by atoms with Gasteiger partial charge < -0.3 is 14.5 Å². The summed E-state index contributed by atoms with van der Waals surface area (Å²) in [5.41, 5.74) is 1.37. The predicted octanol–water partition coefficient (Wildman–Crippen LogP) is 1.65. The molecule has 0 N–H and O–H groups in total. The number of aryl methyl sites for hydroxylation is 1. The molecule has 0 bridgehead atoms. The molecule has 0 atom stereocenters. The minimum absolute atomic E-state index is 0.108. The molecule has 26 heavy (non-hydrogen) atoms. The Labute approximate surface area is 151 Å². The molecule has 0 aliphatic carbocycles. The fraction of sp³-hybridized carbons (Fsp3) is 0.556. The Morgan fingerprint density at radius 2 is 2.04 bits per heavy atom. The number of nitrogens with zero attached hydrogens (tertiary/aromatic N) is 5. The van der Waals surface area contributed by atoms with Crippen LogP contribution >= 0.6 is 0 Å². The molecule has 4 rings (SSSR count). The zero-order valence-corrected chi connectivity index (χ0v) is 14.9. The maximum absolute atomic E-state index is 12.6. The second-order valence-electron chi connectivity index (χ2n) is 7.00. The fourth-order valence-corrected chi connectivity index (χ4v) is 3.80. The smallest absolute Gasteiger partial charge is 0.410 e. The molecule has 138 valence electrons. The van der Waals surface area contributed by atoms with Crippen molar-refractivity contribution in [3.8, 4) is 0 Å². The van der Waals surface area contributed by atoms with Gasteiger partial charge in [0.25, 0.3) is 0 Å². The van der Waals surface area contributed by atoms with Crippen molar-refractivity contribution in [1.29, 1.82) is 0 Å². The molecule has 8 heteroatoms. The average Bonchev–Trinajstić information content (AvgIpc) is 3.21. The Kier molecular flexibility index (Phi) is 4.26. The van der Waals surface area contributed by atoms with Gasteiger partial charge in [-0.3, -0.25) is 4.79 Å². The molecule has 3 heterocycles. The van der Waals surface area contributed by atoms with E-state index in [0.717, 1.165) is 11.0 Å². The molecule has 2 aliphatic heterocycles. The Balaban J connectivity index is 1.32. The number of rotatable bonds is 4. The zero-order valence-electron chi connectivity index (χ0n) is 14.9. The van der Waals surface area contributed by atoms with E-state index in [1.54, 1.807) is 9.58 Å². The van der Waals surface area contributed by atoms with E-state index in [-0.39, 0.29) is 12.0 Å². The normalized spacial score (nSPS) is 19.3. The van der Waals surface area contributed by atoms with Crippen molar-refractivity contribution in [2.24, 2.45) is 0 Å². The first-order valence-corrected chi connectivity index (χ1v) is 9.14. The zero-order chi connectivity index (χ0) is 18.1. The molecule has 2 fully saturated rings. The van der Waals surface area contributed by atoms with E-state index in [0.29, 0.717) is 52.0 Å². The van der Waals surface area contributed by atoms with Crippen LogP contribution in [0.25, 0.3) is 11.0 Å². The molecule has 1 aromatic carbocycles. The van der Waals surface area contributed by atoms with Crippen molar-refractivity contribution in [1.82, 2.24) is 24.8 Å². The summed E-state index contributed by atoms with van der Waals surface area (Å²) in [5, 5.41) is 8.24. The lowest BCUT2D eigenvalue weighted by Crippen LogP contribution is -2.48. The SMILES string of the molecule is CCN1CC2(CCN(C(=O)CCn3nnc4ccccc43)CC2)OC1=O. The van der Waals surface area contributed by atoms with Gasteiger partial charge in [-0.25, -0.2) is 9.48 Å². The van der Waals surface area contributed by atoms with E-state index in [1.807, 2.05) is 36.1 Å². The fourth-order valence-electron chi connectivity index (χ4n) is 3.80. The van der Waals surface area contributed by atoms with Crippen LogP contribution < -0.4 is 0 Å². The van der Waals surface area contributed by atoms with E-state index >= 15 is 0 Å². The van der Waals surface area contributed by atoms with Crippen LogP contribution in [0.2, 0.25) is 0 Å². The molecule has 2 aromatic rings. The number of carbonyl (C=O) groups is 2. The van der Waals surface area contributed by atoms with Gasteiger partial charge in [-0.1, -0.05) is 17.3 Å². The third kappa shape index (κ3) is 3.00. The van der Waals surface area contributed by atoms with Crippen molar-refractivity contribution in [3.63, 3.8) is 0 Å². The Hall–Kier alpha value is -2.64. The molecule has 1 aromatic heterocycles. The summed E-state index contributed by atoms with van der Waals surface area (Å²) in [7, 11) is 0. The molecule has 0 unspecified atom stereocenters. The topological polar surface area (TPSA) is 80.6 Å². The Bertz CT molecular complexity index is 825. The van der Waals surface area contributed by atoms with Gasteiger partial charge in [-0.05, 0) is 19.1 Å². The van der Waals surface area contributed by atoms with Crippen molar-refractivity contribution in [3.05, 3.63) is 24.3 Å².